The van der Waals surface area contributed by atoms with Crippen LogP contribution in [-0.4, -0.2) is 17.1 Å². The van der Waals surface area contributed by atoms with Crippen molar-refractivity contribution in [3.8, 4) is 5.88 Å². The minimum atomic E-state index is 0.149. The highest BCUT2D eigenvalue weighted by atomic mass is 16.5. The summed E-state index contributed by atoms with van der Waals surface area (Å²) in [7, 11) is 1.51. The molecule has 0 aliphatic carbocycles. The van der Waals surface area contributed by atoms with Crippen LogP contribution in [0, 0.1) is 0 Å². The third kappa shape index (κ3) is 0.932. The number of aromatic nitrogens is 2. The van der Waals surface area contributed by atoms with Gasteiger partial charge in [-0.15, -0.1) is 0 Å². The number of methoxy groups -OCH3 is 1. The van der Waals surface area contributed by atoms with Crippen molar-refractivity contribution < 1.29 is 6.11 Å². The second-order valence-electron chi connectivity index (χ2n) is 1.19. The van der Waals surface area contributed by atoms with Crippen LogP contribution in [0.25, 0.3) is 0 Å². The van der Waals surface area contributed by atoms with Crippen LogP contribution in [-0.2, 0) is 0 Å². The van der Waals surface area contributed by atoms with E-state index in [1.165, 1.54) is 19.5 Å². The van der Waals surface area contributed by atoms with Crippen LogP contribution in [0.15, 0.2) is 18.6 Å². The molecule has 0 unspecified atom stereocenters. The van der Waals surface area contributed by atoms with Gasteiger partial charge in [-0.2, -0.15) is 0 Å². The largest absolute Gasteiger partial charge is 0.480 e. The minimum Gasteiger partial charge on any atom is -0.480 e. The number of hydrogen-bond donors (Lipinski definition) is 0. The number of hydrogen-bond acceptors (Lipinski definition) is 3. The zero-order chi connectivity index (χ0) is 6.69. The summed E-state index contributed by atoms with van der Waals surface area (Å²) >= 11 is 0. The van der Waals surface area contributed by atoms with E-state index < -0.39 is 0 Å². The van der Waals surface area contributed by atoms with Crippen molar-refractivity contribution in [1.29, 1.82) is 0 Å². The Morgan fingerprint density at radius 2 is 2.75 bits per heavy atom. The molecule has 1 aromatic rings. The normalized spacial score (nSPS) is 10.4. The SMILES string of the molecule is [2H]c1cnc(OC)cn1. The average molecular weight is 111 g/mol. The lowest BCUT2D eigenvalue weighted by molar-refractivity contribution is 0.395. The zero-order valence-corrected chi connectivity index (χ0v) is 4.46. The molecule has 3 nitrogen and oxygen atoms in total. The van der Waals surface area contributed by atoms with Gasteiger partial charge in [-0.1, -0.05) is 0 Å². The quantitative estimate of drug-likeness (QED) is 0.528. The van der Waals surface area contributed by atoms with Gasteiger partial charge in [0.05, 0.1) is 14.7 Å². The molecule has 0 aliphatic rings. The summed E-state index contributed by atoms with van der Waals surface area (Å²) < 4.78 is 11.6. The van der Waals surface area contributed by atoms with E-state index in [1.807, 2.05) is 0 Å². The minimum absolute atomic E-state index is 0.149. The maximum atomic E-state index is 6.94. The van der Waals surface area contributed by atoms with Crippen LogP contribution >= 0.6 is 0 Å². The van der Waals surface area contributed by atoms with Gasteiger partial charge in [0.2, 0.25) is 5.88 Å². The molecule has 42 valence electrons. The molecule has 8 heavy (non-hydrogen) atoms. The molecule has 0 N–H and O–H groups in total. The van der Waals surface area contributed by atoms with E-state index in [4.69, 9.17) is 6.11 Å². The van der Waals surface area contributed by atoms with Crippen LogP contribution in [0.1, 0.15) is 1.37 Å². The molecular weight excluding hydrogens is 104 g/mol. The molecule has 0 radical (unpaired) electrons. The van der Waals surface area contributed by atoms with E-state index in [0.717, 1.165) is 0 Å². The number of nitrogens with zero attached hydrogens (tertiary/aromatic N) is 2. The zero-order valence-electron chi connectivity index (χ0n) is 5.46. The van der Waals surface area contributed by atoms with Crippen molar-refractivity contribution in [2.24, 2.45) is 0 Å². The molecule has 1 aromatic heterocycles. The fraction of sp³-hybridized carbons (Fsp3) is 0.200. The van der Waals surface area contributed by atoms with E-state index in [1.54, 1.807) is 0 Å². The fourth-order valence-corrected chi connectivity index (χ4v) is 0.357. The van der Waals surface area contributed by atoms with E-state index >= 15 is 0 Å². The van der Waals surface area contributed by atoms with Crippen LogP contribution < -0.4 is 4.74 Å². The fourth-order valence-electron chi connectivity index (χ4n) is 0.357. The molecule has 0 bridgehead atoms. The Morgan fingerprint density at radius 3 is 3.25 bits per heavy atom. The molecule has 3 heteroatoms. The van der Waals surface area contributed by atoms with Crippen LogP contribution in [0.5, 0.6) is 5.88 Å². The monoisotopic (exact) mass is 111 g/mol. The summed E-state index contributed by atoms with van der Waals surface area (Å²) in [6.07, 6.45) is 2.89. The summed E-state index contributed by atoms with van der Waals surface area (Å²) in [4.78, 5) is 7.35. The summed E-state index contributed by atoms with van der Waals surface area (Å²) in [6, 6.07) is 0. The number of rotatable bonds is 1. The molecule has 0 spiro atoms. The summed E-state index contributed by atoms with van der Waals surface area (Å²) in [6.45, 7) is 0. The van der Waals surface area contributed by atoms with Crippen molar-refractivity contribution in [1.82, 2.24) is 9.97 Å². The van der Waals surface area contributed by atoms with Gasteiger partial charge in [0.1, 0.15) is 0 Å². The summed E-state index contributed by atoms with van der Waals surface area (Å²) in [5.41, 5.74) is 0. The number of ether oxygens (including phenoxy) is 1. The maximum absolute atomic E-state index is 6.94. The van der Waals surface area contributed by atoms with Crippen molar-refractivity contribution in [3.05, 3.63) is 18.6 Å². The highest BCUT2D eigenvalue weighted by molar-refractivity contribution is 5.00. The molecule has 0 saturated heterocycles. The second-order valence-corrected chi connectivity index (χ2v) is 1.19. The lowest BCUT2D eigenvalue weighted by Crippen LogP contribution is -1.85. The van der Waals surface area contributed by atoms with Crippen LogP contribution in [0.2, 0.25) is 0 Å². The Kier molecular flexibility index (Phi) is 1.08. The first-order valence-electron chi connectivity index (χ1n) is 2.65. The van der Waals surface area contributed by atoms with Gasteiger partial charge < -0.3 is 4.74 Å². The van der Waals surface area contributed by atoms with Gasteiger partial charge in [-0.3, -0.25) is 4.98 Å². The molecule has 1 rings (SSSR count). The Balaban J connectivity index is 2.88. The second kappa shape index (κ2) is 2.26. The van der Waals surface area contributed by atoms with Gasteiger partial charge in [-0.25, -0.2) is 4.98 Å². The van der Waals surface area contributed by atoms with Crippen molar-refractivity contribution in [2.75, 3.05) is 7.11 Å². The molecule has 0 saturated carbocycles. The molecular formula is C5H6N2O. The topological polar surface area (TPSA) is 35.0 Å². The Hall–Kier alpha value is -1.12. The smallest absolute Gasteiger partial charge is 0.231 e. The van der Waals surface area contributed by atoms with Crippen LogP contribution in [0.4, 0.5) is 0 Å². The standard InChI is InChI=1S/C5H6N2O/c1-8-5-4-6-2-3-7-5/h2-4H,1H3/i2D. The first kappa shape index (κ1) is 3.83. The van der Waals surface area contributed by atoms with E-state index in [9.17, 15) is 0 Å². The molecule has 0 aromatic carbocycles. The lowest BCUT2D eigenvalue weighted by atomic mass is 10.7. The van der Waals surface area contributed by atoms with Crippen molar-refractivity contribution in [2.45, 2.75) is 0 Å². The molecule has 0 amide bonds. The maximum Gasteiger partial charge on any atom is 0.231 e. The third-order valence-corrected chi connectivity index (χ3v) is 0.708. The Bertz CT molecular complexity index is 187. The van der Waals surface area contributed by atoms with E-state index in [0.29, 0.717) is 5.88 Å². The lowest BCUT2D eigenvalue weighted by Gasteiger charge is -1.91. The predicted molar refractivity (Wildman–Crippen MR) is 28.6 cm³/mol. The summed E-state index contributed by atoms with van der Waals surface area (Å²) in [5, 5.41) is 0. The van der Waals surface area contributed by atoms with Crippen LogP contribution in [0.3, 0.4) is 0 Å². The molecule has 1 heterocycles. The summed E-state index contributed by atoms with van der Waals surface area (Å²) in [5.74, 6) is 0.436. The van der Waals surface area contributed by atoms with E-state index in [-0.39, 0.29) is 6.17 Å². The predicted octanol–water partition coefficient (Wildman–Crippen LogP) is 0.485. The first-order chi connectivity index (χ1) is 4.33. The molecule has 0 atom stereocenters. The average Bonchev–Trinajstić information content (AvgIpc) is 1.90. The van der Waals surface area contributed by atoms with Gasteiger partial charge in [-0.05, 0) is 0 Å². The van der Waals surface area contributed by atoms with Gasteiger partial charge in [0, 0.05) is 12.4 Å². The van der Waals surface area contributed by atoms with Gasteiger partial charge in [0.25, 0.3) is 0 Å². The highest BCUT2D eigenvalue weighted by Gasteiger charge is 1.83. The van der Waals surface area contributed by atoms with E-state index in [2.05, 4.69) is 9.97 Å². The van der Waals surface area contributed by atoms with Gasteiger partial charge in [0.15, 0.2) is 0 Å². The first-order valence-corrected chi connectivity index (χ1v) is 2.15. The molecule has 0 aliphatic heterocycles. The van der Waals surface area contributed by atoms with Crippen molar-refractivity contribution >= 4 is 0 Å². The Morgan fingerprint density at radius 1 is 1.88 bits per heavy atom. The highest BCUT2D eigenvalue weighted by Crippen LogP contribution is 1.96. The van der Waals surface area contributed by atoms with Crippen molar-refractivity contribution in [3.63, 3.8) is 0 Å². The molecule has 0 fully saturated rings. The Labute approximate surface area is 48.8 Å². The van der Waals surface area contributed by atoms with Gasteiger partial charge >= 0.3 is 0 Å². The third-order valence-electron chi connectivity index (χ3n) is 0.708.